The highest BCUT2D eigenvalue weighted by atomic mass is 16.1. The van der Waals surface area contributed by atoms with Gasteiger partial charge < -0.3 is 5.32 Å². The van der Waals surface area contributed by atoms with Crippen molar-refractivity contribution in [1.82, 2.24) is 30.3 Å². The van der Waals surface area contributed by atoms with Crippen LogP contribution in [0.3, 0.4) is 0 Å². The van der Waals surface area contributed by atoms with Crippen molar-refractivity contribution in [3.8, 4) is 0 Å². The molecule has 1 unspecified atom stereocenters. The topological polar surface area (TPSA) is 88.5 Å². The van der Waals surface area contributed by atoms with Gasteiger partial charge in [-0.1, -0.05) is 0 Å². The third-order valence-electron chi connectivity index (χ3n) is 3.13. The molecule has 0 aliphatic rings. The molecule has 1 atom stereocenters. The summed E-state index contributed by atoms with van der Waals surface area (Å²) in [5.41, 5.74) is 2.74. The fourth-order valence-corrected chi connectivity index (χ4v) is 2.05. The molecule has 2 heterocycles. The van der Waals surface area contributed by atoms with Gasteiger partial charge in [0.05, 0.1) is 18.2 Å². The Hall–Kier alpha value is -2.18. The van der Waals surface area contributed by atoms with Crippen LogP contribution in [0.1, 0.15) is 35.7 Å². The summed E-state index contributed by atoms with van der Waals surface area (Å²) < 4.78 is 1.65. The van der Waals surface area contributed by atoms with E-state index in [-0.39, 0.29) is 11.9 Å². The second-order valence-electron chi connectivity index (χ2n) is 4.62. The molecule has 0 saturated carbocycles. The van der Waals surface area contributed by atoms with Gasteiger partial charge in [-0.05, 0) is 20.8 Å². The van der Waals surface area contributed by atoms with E-state index < -0.39 is 0 Å². The number of nitrogens with one attached hydrogen (secondary N) is 2. The number of carbonyl (C=O) groups is 1. The van der Waals surface area contributed by atoms with Crippen molar-refractivity contribution < 1.29 is 4.79 Å². The van der Waals surface area contributed by atoms with Crippen LogP contribution < -0.4 is 5.32 Å². The third-order valence-corrected chi connectivity index (χ3v) is 3.13. The monoisotopic (exact) mass is 262 g/mol. The first kappa shape index (κ1) is 13.3. The van der Waals surface area contributed by atoms with Crippen LogP contribution in [-0.4, -0.2) is 30.9 Å². The number of aryl methyl sites for hydroxylation is 3. The lowest BCUT2D eigenvalue weighted by molar-refractivity contribution is -0.121. The highest BCUT2D eigenvalue weighted by Crippen LogP contribution is 2.12. The molecule has 0 radical (unpaired) electrons. The van der Waals surface area contributed by atoms with Crippen molar-refractivity contribution >= 4 is 5.91 Å². The molecule has 2 rings (SSSR count). The van der Waals surface area contributed by atoms with Crippen LogP contribution in [-0.2, 0) is 18.3 Å². The van der Waals surface area contributed by atoms with Crippen LogP contribution in [0.2, 0.25) is 0 Å². The molecule has 2 aromatic rings. The molecule has 0 aliphatic carbocycles. The van der Waals surface area contributed by atoms with Gasteiger partial charge in [0.2, 0.25) is 5.91 Å². The van der Waals surface area contributed by atoms with E-state index in [1.54, 1.807) is 11.7 Å². The highest BCUT2D eigenvalue weighted by molar-refractivity contribution is 5.79. The van der Waals surface area contributed by atoms with Crippen molar-refractivity contribution in [1.29, 1.82) is 0 Å². The van der Waals surface area contributed by atoms with Crippen LogP contribution in [0.15, 0.2) is 6.33 Å². The van der Waals surface area contributed by atoms with E-state index in [1.165, 1.54) is 6.33 Å². The summed E-state index contributed by atoms with van der Waals surface area (Å²) in [6, 6.07) is -0.174. The molecular weight excluding hydrogens is 244 g/mol. The number of hydrogen-bond acceptors (Lipinski definition) is 4. The van der Waals surface area contributed by atoms with Crippen LogP contribution in [0, 0.1) is 13.8 Å². The fraction of sp³-hybridized carbons (Fsp3) is 0.500. The Labute approximate surface area is 111 Å². The molecular formula is C12H18N6O. The fourth-order valence-electron chi connectivity index (χ4n) is 2.05. The molecule has 2 N–H and O–H groups in total. The first-order valence-electron chi connectivity index (χ1n) is 6.12. The van der Waals surface area contributed by atoms with Gasteiger partial charge in [-0.3, -0.25) is 14.6 Å². The number of carbonyl (C=O) groups excluding carboxylic acids is 1. The summed E-state index contributed by atoms with van der Waals surface area (Å²) in [5, 5.41) is 13.9. The van der Waals surface area contributed by atoms with Gasteiger partial charge in [0, 0.05) is 18.3 Å². The number of amides is 1. The van der Waals surface area contributed by atoms with Gasteiger partial charge in [0.25, 0.3) is 0 Å². The Morgan fingerprint density at radius 2 is 2.26 bits per heavy atom. The number of aromatic amines is 1. The second-order valence-corrected chi connectivity index (χ2v) is 4.62. The van der Waals surface area contributed by atoms with Crippen LogP contribution in [0.5, 0.6) is 0 Å². The van der Waals surface area contributed by atoms with Crippen molar-refractivity contribution in [2.45, 2.75) is 33.2 Å². The Balaban J connectivity index is 2.01. The molecule has 0 spiro atoms. The second kappa shape index (κ2) is 5.21. The maximum Gasteiger partial charge on any atom is 0.225 e. The van der Waals surface area contributed by atoms with E-state index >= 15 is 0 Å². The molecule has 7 heteroatoms. The van der Waals surface area contributed by atoms with Crippen LogP contribution in [0.4, 0.5) is 0 Å². The lowest BCUT2D eigenvalue weighted by Crippen LogP contribution is -2.30. The van der Waals surface area contributed by atoms with Gasteiger partial charge in [0.15, 0.2) is 0 Å². The molecule has 2 aromatic heterocycles. The standard InChI is InChI=1S/C12H18N6O/c1-7-10(8(2)17-16-7)5-11(19)15-9(3)12-13-6-14-18(12)4/h6,9H,5H2,1-4H3,(H,15,19)(H,16,17). The summed E-state index contributed by atoms with van der Waals surface area (Å²) >= 11 is 0. The van der Waals surface area contributed by atoms with E-state index in [0.717, 1.165) is 22.8 Å². The normalized spacial score (nSPS) is 12.4. The van der Waals surface area contributed by atoms with E-state index in [9.17, 15) is 4.79 Å². The maximum absolute atomic E-state index is 12.0. The minimum Gasteiger partial charge on any atom is -0.346 e. The molecule has 0 aromatic carbocycles. The zero-order valence-corrected chi connectivity index (χ0v) is 11.6. The zero-order chi connectivity index (χ0) is 14.0. The van der Waals surface area contributed by atoms with Crippen molar-refractivity contribution in [2.75, 3.05) is 0 Å². The number of hydrogen-bond donors (Lipinski definition) is 2. The molecule has 0 aliphatic heterocycles. The molecule has 19 heavy (non-hydrogen) atoms. The minimum atomic E-state index is -0.174. The van der Waals surface area contributed by atoms with Gasteiger partial charge in [-0.25, -0.2) is 4.98 Å². The number of nitrogens with zero attached hydrogens (tertiary/aromatic N) is 4. The van der Waals surface area contributed by atoms with E-state index in [0.29, 0.717) is 6.42 Å². The largest absolute Gasteiger partial charge is 0.346 e. The van der Waals surface area contributed by atoms with Crippen molar-refractivity contribution in [3.63, 3.8) is 0 Å². The predicted molar refractivity (Wildman–Crippen MR) is 69.3 cm³/mol. The number of H-pyrrole nitrogens is 1. The number of aromatic nitrogens is 5. The van der Waals surface area contributed by atoms with Crippen LogP contribution in [0.25, 0.3) is 0 Å². The highest BCUT2D eigenvalue weighted by Gasteiger charge is 2.16. The van der Waals surface area contributed by atoms with Crippen molar-refractivity contribution in [2.24, 2.45) is 7.05 Å². The van der Waals surface area contributed by atoms with Gasteiger partial charge >= 0.3 is 0 Å². The summed E-state index contributed by atoms with van der Waals surface area (Å²) in [6.45, 7) is 5.68. The van der Waals surface area contributed by atoms with Gasteiger partial charge in [0.1, 0.15) is 12.2 Å². The molecule has 0 saturated heterocycles. The Morgan fingerprint density at radius 1 is 1.53 bits per heavy atom. The van der Waals surface area contributed by atoms with Gasteiger partial charge in [-0.15, -0.1) is 0 Å². The zero-order valence-electron chi connectivity index (χ0n) is 11.6. The Morgan fingerprint density at radius 3 is 2.79 bits per heavy atom. The first-order chi connectivity index (χ1) is 8.99. The average Bonchev–Trinajstić information content (AvgIpc) is 2.90. The maximum atomic E-state index is 12.0. The molecule has 102 valence electrons. The van der Waals surface area contributed by atoms with E-state index in [4.69, 9.17) is 0 Å². The summed E-state index contributed by atoms with van der Waals surface area (Å²) in [7, 11) is 1.80. The minimum absolute atomic E-state index is 0.0527. The molecule has 1 amide bonds. The third kappa shape index (κ3) is 2.81. The molecule has 0 fully saturated rings. The Kier molecular flexibility index (Phi) is 3.64. The quantitative estimate of drug-likeness (QED) is 0.843. The van der Waals surface area contributed by atoms with Crippen molar-refractivity contribution in [3.05, 3.63) is 29.1 Å². The van der Waals surface area contributed by atoms with E-state index in [2.05, 4.69) is 25.6 Å². The number of rotatable bonds is 4. The van der Waals surface area contributed by atoms with E-state index in [1.807, 2.05) is 20.8 Å². The lowest BCUT2D eigenvalue weighted by Gasteiger charge is -2.13. The smallest absolute Gasteiger partial charge is 0.225 e. The summed E-state index contributed by atoms with van der Waals surface area (Å²) in [5.74, 6) is 0.678. The first-order valence-corrected chi connectivity index (χ1v) is 6.12. The van der Waals surface area contributed by atoms with Gasteiger partial charge in [-0.2, -0.15) is 10.2 Å². The summed E-state index contributed by atoms with van der Waals surface area (Å²) in [6.07, 6.45) is 1.79. The SMILES string of the molecule is Cc1n[nH]c(C)c1CC(=O)NC(C)c1ncnn1C. The predicted octanol–water partition coefficient (Wildman–Crippen LogP) is 0.575. The molecule has 7 nitrogen and oxygen atoms in total. The van der Waals surface area contributed by atoms with Crippen LogP contribution >= 0.6 is 0 Å². The summed E-state index contributed by atoms with van der Waals surface area (Å²) in [4.78, 5) is 16.1. The average molecular weight is 262 g/mol. The Bertz CT molecular complexity index is 565. The lowest BCUT2D eigenvalue weighted by atomic mass is 10.1. The molecule has 0 bridgehead atoms.